The molecule has 4 rings (SSSR count). The van der Waals surface area contributed by atoms with Crippen molar-refractivity contribution in [3.05, 3.63) is 53.6 Å². The van der Waals surface area contributed by atoms with Gasteiger partial charge in [-0.3, -0.25) is 9.59 Å². The lowest BCUT2D eigenvalue weighted by Gasteiger charge is -2.37. The summed E-state index contributed by atoms with van der Waals surface area (Å²) in [5, 5.41) is 2.82. The van der Waals surface area contributed by atoms with Crippen LogP contribution in [0.25, 0.3) is 0 Å². The Kier molecular flexibility index (Phi) is 3.35. The van der Waals surface area contributed by atoms with Gasteiger partial charge in [0.25, 0.3) is 17.4 Å². The molecule has 5 heteroatoms. The van der Waals surface area contributed by atoms with Gasteiger partial charge in [0.15, 0.2) is 0 Å². The van der Waals surface area contributed by atoms with E-state index in [0.717, 1.165) is 23.2 Å². The van der Waals surface area contributed by atoms with Crippen LogP contribution in [0.15, 0.2) is 42.5 Å². The van der Waals surface area contributed by atoms with Gasteiger partial charge in [0.2, 0.25) is 0 Å². The SMILES string of the molecule is Cc1ccc2c(c1)NC(=O)C(C)(C(=O)N1c3ccccc3CC1C)O2. The zero-order valence-electron chi connectivity index (χ0n) is 14.5. The summed E-state index contributed by atoms with van der Waals surface area (Å²) in [5.74, 6) is -0.262. The topological polar surface area (TPSA) is 58.6 Å². The van der Waals surface area contributed by atoms with Crippen LogP contribution < -0.4 is 15.0 Å². The van der Waals surface area contributed by atoms with E-state index in [9.17, 15) is 9.59 Å². The number of anilines is 2. The Morgan fingerprint density at radius 2 is 2.04 bits per heavy atom. The standard InChI is InChI=1S/C20H20N2O3/c1-12-8-9-17-15(10-12)21-18(23)20(3,25-17)19(24)22-13(2)11-14-6-4-5-7-16(14)22/h4-10,13H,11H2,1-3H3,(H,21,23). The van der Waals surface area contributed by atoms with Gasteiger partial charge in [0.1, 0.15) is 5.75 Å². The van der Waals surface area contributed by atoms with Crippen molar-refractivity contribution < 1.29 is 14.3 Å². The second-order valence-corrected chi connectivity index (χ2v) is 6.95. The molecule has 0 spiro atoms. The summed E-state index contributed by atoms with van der Waals surface area (Å²) in [5.41, 5.74) is 1.99. The van der Waals surface area contributed by atoms with Gasteiger partial charge in [-0.2, -0.15) is 0 Å². The number of ether oxygens (including phenoxy) is 1. The van der Waals surface area contributed by atoms with Gasteiger partial charge in [-0.05, 0) is 56.5 Å². The quantitative estimate of drug-likeness (QED) is 0.814. The zero-order chi connectivity index (χ0) is 17.8. The first-order valence-corrected chi connectivity index (χ1v) is 8.43. The number of rotatable bonds is 1. The van der Waals surface area contributed by atoms with Crippen LogP contribution in [0.2, 0.25) is 0 Å². The van der Waals surface area contributed by atoms with E-state index in [1.165, 1.54) is 0 Å². The molecule has 2 aliphatic heterocycles. The molecule has 2 unspecified atom stereocenters. The second kappa shape index (κ2) is 5.34. The Balaban J connectivity index is 1.72. The minimum Gasteiger partial charge on any atom is -0.465 e. The van der Waals surface area contributed by atoms with E-state index < -0.39 is 11.5 Å². The van der Waals surface area contributed by atoms with E-state index in [2.05, 4.69) is 5.32 Å². The maximum atomic E-state index is 13.3. The van der Waals surface area contributed by atoms with Gasteiger partial charge in [-0.1, -0.05) is 24.3 Å². The maximum Gasteiger partial charge on any atom is 0.281 e. The summed E-state index contributed by atoms with van der Waals surface area (Å²) in [6.45, 7) is 5.47. The molecule has 0 saturated heterocycles. The number of hydrogen-bond donors (Lipinski definition) is 1. The van der Waals surface area contributed by atoms with Crippen LogP contribution in [0.4, 0.5) is 11.4 Å². The molecule has 2 amide bonds. The highest BCUT2D eigenvalue weighted by Crippen LogP contribution is 2.38. The average Bonchev–Trinajstić information content (AvgIpc) is 2.91. The van der Waals surface area contributed by atoms with Crippen LogP contribution in [0.1, 0.15) is 25.0 Å². The van der Waals surface area contributed by atoms with E-state index in [1.807, 2.05) is 50.2 Å². The number of amides is 2. The van der Waals surface area contributed by atoms with Crippen molar-refractivity contribution in [1.29, 1.82) is 0 Å². The fourth-order valence-corrected chi connectivity index (χ4v) is 3.58. The van der Waals surface area contributed by atoms with Gasteiger partial charge >= 0.3 is 0 Å². The number of hydrogen-bond acceptors (Lipinski definition) is 3. The number of aryl methyl sites for hydroxylation is 1. The summed E-state index contributed by atoms with van der Waals surface area (Å²) in [6.07, 6.45) is 0.773. The molecule has 0 aliphatic carbocycles. The third kappa shape index (κ3) is 2.30. The highest BCUT2D eigenvalue weighted by molar-refractivity contribution is 6.20. The van der Waals surface area contributed by atoms with Crippen molar-refractivity contribution in [3.63, 3.8) is 0 Å². The minimum absolute atomic E-state index is 0.0162. The van der Waals surface area contributed by atoms with Crippen molar-refractivity contribution >= 4 is 23.2 Å². The Morgan fingerprint density at radius 3 is 2.84 bits per heavy atom. The molecule has 0 bridgehead atoms. The van der Waals surface area contributed by atoms with E-state index in [0.29, 0.717) is 11.4 Å². The molecule has 0 fully saturated rings. The van der Waals surface area contributed by atoms with Gasteiger partial charge in [0, 0.05) is 11.7 Å². The third-order valence-corrected chi connectivity index (χ3v) is 4.96. The van der Waals surface area contributed by atoms with Crippen LogP contribution in [-0.2, 0) is 16.0 Å². The van der Waals surface area contributed by atoms with Crippen LogP contribution in [-0.4, -0.2) is 23.5 Å². The minimum atomic E-state index is -1.59. The molecule has 25 heavy (non-hydrogen) atoms. The van der Waals surface area contributed by atoms with Crippen LogP contribution in [0.3, 0.4) is 0 Å². The van der Waals surface area contributed by atoms with E-state index in [4.69, 9.17) is 4.74 Å². The fourth-order valence-electron chi connectivity index (χ4n) is 3.58. The molecular weight excluding hydrogens is 316 g/mol. The molecule has 2 aromatic carbocycles. The fraction of sp³-hybridized carbons (Fsp3) is 0.300. The first-order chi connectivity index (χ1) is 11.9. The number of fused-ring (bicyclic) bond motifs is 2. The predicted molar refractivity (Wildman–Crippen MR) is 95.9 cm³/mol. The van der Waals surface area contributed by atoms with Gasteiger partial charge in [-0.25, -0.2) is 0 Å². The second-order valence-electron chi connectivity index (χ2n) is 6.95. The van der Waals surface area contributed by atoms with Crippen molar-refractivity contribution in [3.8, 4) is 5.75 Å². The molecule has 2 atom stereocenters. The molecule has 2 aliphatic rings. The number of nitrogens with zero attached hydrogens (tertiary/aromatic N) is 1. The van der Waals surface area contributed by atoms with Crippen LogP contribution >= 0.6 is 0 Å². The largest absolute Gasteiger partial charge is 0.465 e. The van der Waals surface area contributed by atoms with E-state index in [1.54, 1.807) is 17.9 Å². The van der Waals surface area contributed by atoms with Gasteiger partial charge in [-0.15, -0.1) is 0 Å². The Hall–Kier alpha value is -2.82. The lowest BCUT2D eigenvalue weighted by atomic mass is 9.99. The molecular formula is C20H20N2O3. The van der Waals surface area contributed by atoms with Crippen molar-refractivity contribution in [2.45, 2.75) is 38.8 Å². The predicted octanol–water partition coefficient (Wildman–Crippen LogP) is 3.06. The van der Waals surface area contributed by atoms with Crippen molar-refractivity contribution in [2.24, 2.45) is 0 Å². The molecule has 2 aromatic rings. The number of benzene rings is 2. The van der Waals surface area contributed by atoms with E-state index in [-0.39, 0.29) is 11.9 Å². The lowest BCUT2D eigenvalue weighted by molar-refractivity contribution is -0.145. The van der Waals surface area contributed by atoms with E-state index >= 15 is 0 Å². The highest BCUT2D eigenvalue weighted by Gasteiger charge is 2.51. The average molecular weight is 336 g/mol. The summed E-state index contributed by atoms with van der Waals surface area (Å²) in [4.78, 5) is 27.7. The van der Waals surface area contributed by atoms with Crippen molar-refractivity contribution in [1.82, 2.24) is 0 Å². The summed E-state index contributed by atoms with van der Waals surface area (Å²) >= 11 is 0. The number of carbonyl (C=O) groups excluding carboxylic acids is 2. The summed E-state index contributed by atoms with van der Waals surface area (Å²) in [6, 6.07) is 13.3. The summed E-state index contributed by atoms with van der Waals surface area (Å²) < 4.78 is 5.92. The van der Waals surface area contributed by atoms with Gasteiger partial charge in [0.05, 0.1) is 5.69 Å². The first-order valence-electron chi connectivity index (χ1n) is 8.43. The Labute approximate surface area is 146 Å². The normalized spacial score (nSPS) is 24.2. The zero-order valence-corrected chi connectivity index (χ0v) is 14.5. The monoisotopic (exact) mass is 336 g/mol. The first kappa shape index (κ1) is 15.7. The number of carbonyl (C=O) groups is 2. The number of nitrogens with one attached hydrogen (secondary N) is 1. The Morgan fingerprint density at radius 1 is 1.28 bits per heavy atom. The van der Waals surface area contributed by atoms with Gasteiger partial charge < -0.3 is 15.0 Å². The molecule has 0 aromatic heterocycles. The third-order valence-electron chi connectivity index (χ3n) is 4.96. The summed E-state index contributed by atoms with van der Waals surface area (Å²) in [7, 11) is 0. The lowest BCUT2D eigenvalue weighted by Crippen LogP contribution is -2.60. The molecule has 2 heterocycles. The molecule has 0 radical (unpaired) electrons. The smallest absolute Gasteiger partial charge is 0.281 e. The highest BCUT2D eigenvalue weighted by atomic mass is 16.5. The van der Waals surface area contributed by atoms with Crippen LogP contribution in [0, 0.1) is 6.92 Å². The maximum absolute atomic E-state index is 13.3. The van der Waals surface area contributed by atoms with Crippen molar-refractivity contribution in [2.75, 3.05) is 10.2 Å². The Bertz CT molecular complexity index is 892. The molecule has 0 saturated carbocycles. The molecule has 1 N–H and O–H groups in total. The number of para-hydroxylation sites is 1. The van der Waals surface area contributed by atoms with Crippen LogP contribution in [0.5, 0.6) is 5.75 Å². The molecule has 5 nitrogen and oxygen atoms in total. The molecule has 128 valence electrons.